The lowest BCUT2D eigenvalue weighted by Gasteiger charge is -2.09. The maximum absolute atomic E-state index is 12.3. The molecule has 1 aromatic rings. The molecule has 1 heterocycles. The summed E-state index contributed by atoms with van der Waals surface area (Å²) in [6.45, 7) is 7.37. The summed E-state index contributed by atoms with van der Waals surface area (Å²) >= 11 is 6.56. The molecule has 8 heteroatoms. The van der Waals surface area contributed by atoms with Gasteiger partial charge in [0.05, 0.1) is 3.79 Å². The molecule has 0 aromatic carbocycles. The van der Waals surface area contributed by atoms with Crippen LogP contribution in [0.15, 0.2) is 14.7 Å². The summed E-state index contributed by atoms with van der Waals surface area (Å²) in [5, 5.41) is 3.74. The molecule has 0 radical (unpaired) electrons. The quantitative estimate of drug-likeness (QED) is 0.649. The third-order valence-electron chi connectivity index (χ3n) is 2.93. The van der Waals surface area contributed by atoms with E-state index in [0.717, 1.165) is 11.3 Å². The summed E-state index contributed by atoms with van der Waals surface area (Å²) in [5.41, 5.74) is 0. The Balaban J connectivity index is 2.70. The fourth-order valence-corrected chi connectivity index (χ4v) is 5.60. The van der Waals surface area contributed by atoms with E-state index in [-0.39, 0.29) is 0 Å². The van der Waals surface area contributed by atoms with Crippen molar-refractivity contribution >= 4 is 49.1 Å². The highest BCUT2D eigenvalue weighted by Gasteiger charge is 2.20. The van der Waals surface area contributed by atoms with Gasteiger partial charge in [-0.1, -0.05) is 20.8 Å². The topological polar surface area (TPSA) is 58.2 Å². The van der Waals surface area contributed by atoms with Crippen molar-refractivity contribution in [1.82, 2.24) is 10.0 Å². The minimum absolute atomic E-state index is 0.338. The van der Waals surface area contributed by atoms with Crippen LogP contribution in [0, 0.1) is 0 Å². The van der Waals surface area contributed by atoms with Crippen molar-refractivity contribution in [3.8, 4) is 0 Å². The minimum atomic E-state index is -3.44. The highest BCUT2D eigenvalue weighted by Crippen LogP contribution is 2.31. The van der Waals surface area contributed by atoms with Gasteiger partial charge in [0, 0.05) is 29.3 Å². The lowest BCUT2D eigenvalue weighted by Crippen LogP contribution is -2.26. The van der Waals surface area contributed by atoms with Crippen LogP contribution in [0.1, 0.15) is 32.1 Å². The SMILES string of the molecule is CSC(C)CCNS(=O)(=O)c1cc(CNC(C)C)sc1Br. The number of sulfonamides is 1. The Kier molecular flexibility index (Phi) is 8.23. The molecular formula is C13H23BrN2O2S3. The largest absolute Gasteiger partial charge is 0.310 e. The standard InChI is InChI=1S/C13H23BrN2O2S3/c1-9(2)15-8-11-7-12(13(14)20-11)21(17,18)16-6-5-10(3)19-4/h7,9-10,15-16H,5-6,8H2,1-4H3. The molecule has 1 aromatic heterocycles. The first kappa shape index (κ1) is 19.4. The summed E-state index contributed by atoms with van der Waals surface area (Å²) in [6, 6.07) is 2.11. The van der Waals surface area contributed by atoms with Crippen molar-refractivity contribution in [1.29, 1.82) is 0 Å². The molecule has 0 saturated heterocycles. The van der Waals surface area contributed by atoms with E-state index >= 15 is 0 Å². The summed E-state index contributed by atoms with van der Waals surface area (Å²) in [7, 11) is -3.44. The first-order valence-corrected chi connectivity index (χ1v) is 11.2. The average molecular weight is 415 g/mol. The van der Waals surface area contributed by atoms with Crippen molar-refractivity contribution < 1.29 is 8.42 Å². The van der Waals surface area contributed by atoms with Crippen molar-refractivity contribution in [2.24, 2.45) is 0 Å². The first-order valence-electron chi connectivity index (χ1n) is 6.80. The predicted molar refractivity (Wildman–Crippen MR) is 96.8 cm³/mol. The number of hydrogen-bond acceptors (Lipinski definition) is 5. The molecule has 122 valence electrons. The second-order valence-corrected chi connectivity index (χ2v) is 10.6. The van der Waals surface area contributed by atoms with Crippen LogP contribution in [0.2, 0.25) is 0 Å². The van der Waals surface area contributed by atoms with E-state index in [1.807, 2.05) is 6.26 Å². The maximum atomic E-state index is 12.3. The zero-order valence-corrected chi connectivity index (χ0v) is 16.8. The van der Waals surface area contributed by atoms with E-state index in [9.17, 15) is 8.42 Å². The molecular weight excluding hydrogens is 392 g/mol. The van der Waals surface area contributed by atoms with E-state index < -0.39 is 10.0 Å². The normalized spacial score (nSPS) is 13.8. The maximum Gasteiger partial charge on any atom is 0.242 e. The van der Waals surface area contributed by atoms with Crippen LogP contribution >= 0.6 is 39.0 Å². The Morgan fingerprint density at radius 3 is 2.62 bits per heavy atom. The number of halogens is 1. The molecule has 0 aliphatic rings. The molecule has 2 N–H and O–H groups in total. The van der Waals surface area contributed by atoms with Gasteiger partial charge < -0.3 is 5.32 Å². The first-order chi connectivity index (χ1) is 9.76. The van der Waals surface area contributed by atoms with E-state index in [1.54, 1.807) is 17.8 Å². The fraction of sp³-hybridized carbons (Fsp3) is 0.692. The smallest absolute Gasteiger partial charge is 0.242 e. The number of rotatable bonds is 9. The Labute approximate surface area is 144 Å². The third-order valence-corrected chi connectivity index (χ3v) is 7.68. The summed E-state index contributed by atoms with van der Waals surface area (Å²) in [4.78, 5) is 1.35. The van der Waals surface area contributed by atoms with Gasteiger partial charge in [-0.25, -0.2) is 13.1 Å². The molecule has 0 saturated carbocycles. The van der Waals surface area contributed by atoms with E-state index in [1.165, 1.54) is 11.3 Å². The van der Waals surface area contributed by atoms with Gasteiger partial charge in [-0.05, 0) is 34.7 Å². The molecule has 0 aliphatic carbocycles. The summed E-state index contributed by atoms with van der Waals surface area (Å²) in [5.74, 6) is 0. The fourth-order valence-electron chi connectivity index (χ4n) is 1.57. The third kappa shape index (κ3) is 6.58. The molecule has 0 fully saturated rings. The number of hydrogen-bond donors (Lipinski definition) is 2. The lowest BCUT2D eigenvalue weighted by atomic mass is 10.3. The zero-order chi connectivity index (χ0) is 16.0. The lowest BCUT2D eigenvalue weighted by molar-refractivity contribution is 0.578. The molecule has 0 amide bonds. The molecule has 0 spiro atoms. The van der Waals surface area contributed by atoms with Crippen LogP contribution in [0.3, 0.4) is 0 Å². The minimum Gasteiger partial charge on any atom is -0.310 e. The van der Waals surface area contributed by atoms with Crippen molar-refractivity contribution in [2.75, 3.05) is 12.8 Å². The van der Waals surface area contributed by atoms with Crippen molar-refractivity contribution in [2.45, 2.75) is 49.9 Å². The van der Waals surface area contributed by atoms with E-state index in [2.05, 4.69) is 46.7 Å². The highest BCUT2D eigenvalue weighted by atomic mass is 79.9. The van der Waals surface area contributed by atoms with Gasteiger partial charge in [-0.2, -0.15) is 11.8 Å². The average Bonchev–Trinajstić information content (AvgIpc) is 2.78. The van der Waals surface area contributed by atoms with Gasteiger partial charge >= 0.3 is 0 Å². The van der Waals surface area contributed by atoms with Gasteiger partial charge in [0.1, 0.15) is 4.90 Å². The van der Waals surface area contributed by atoms with Crippen LogP contribution in [-0.2, 0) is 16.6 Å². The predicted octanol–water partition coefficient (Wildman–Crippen LogP) is 3.43. The number of thioether (sulfide) groups is 1. The molecule has 21 heavy (non-hydrogen) atoms. The summed E-state index contributed by atoms with van der Waals surface area (Å²) < 4.78 is 28.0. The monoisotopic (exact) mass is 414 g/mol. The Morgan fingerprint density at radius 1 is 1.38 bits per heavy atom. The summed E-state index contributed by atoms with van der Waals surface area (Å²) in [6.07, 6.45) is 2.85. The van der Waals surface area contributed by atoms with Crippen LogP contribution in [-0.4, -0.2) is 32.5 Å². The molecule has 0 aliphatic heterocycles. The van der Waals surface area contributed by atoms with Crippen LogP contribution < -0.4 is 10.0 Å². The van der Waals surface area contributed by atoms with E-state index in [4.69, 9.17) is 0 Å². The van der Waals surface area contributed by atoms with Crippen LogP contribution in [0.25, 0.3) is 0 Å². The molecule has 1 atom stereocenters. The van der Waals surface area contributed by atoms with Gasteiger partial charge in [0.15, 0.2) is 0 Å². The van der Waals surface area contributed by atoms with Crippen LogP contribution in [0.5, 0.6) is 0 Å². The van der Waals surface area contributed by atoms with Crippen molar-refractivity contribution in [3.63, 3.8) is 0 Å². The molecule has 0 bridgehead atoms. The van der Waals surface area contributed by atoms with Crippen molar-refractivity contribution in [3.05, 3.63) is 14.7 Å². The Hall–Kier alpha value is 0.400. The second kappa shape index (κ2) is 8.88. The van der Waals surface area contributed by atoms with Gasteiger partial charge in [0.2, 0.25) is 10.0 Å². The van der Waals surface area contributed by atoms with Gasteiger partial charge in [0.25, 0.3) is 0 Å². The highest BCUT2D eigenvalue weighted by molar-refractivity contribution is 9.11. The Morgan fingerprint density at radius 2 is 2.05 bits per heavy atom. The second-order valence-electron chi connectivity index (χ2n) is 5.12. The number of thiophene rings is 1. The van der Waals surface area contributed by atoms with Gasteiger partial charge in [-0.15, -0.1) is 11.3 Å². The molecule has 4 nitrogen and oxygen atoms in total. The van der Waals surface area contributed by atoms with Gasteiger partial charge in [-0.3, -0.25) is 0 Å². The Bertz CT molecular complexity index is 544. The molecule has 1 rings (SSSR count). The number of nitrogens with one attached hydrogen (secondary N) is 2. The molecule has 1 unspecified atom stereocenters. The zero-order valence-electron chi connectivity index (χ0n) is 12.8. The van der Waals surface area contributed by atoms with E-state index in [0.29, 0.717) is 33.1 Å². The van der Waals surface area contributed by atoms with Crippen LogP contribution in [0.4, 0.5) is 0 Å².